The molecule has 4 nitrogen and oxygen atoms in total. The van der Waals surface area contributed by atoms with Gasteiger partial charge in [0.15, 0.2) is 0 Å². The Kier molecular flexibility index (Phi) is 2.74. The number of ether oxygens (including phenoxy) is 1. The number of esters is 1. The fraction of sp³-hybridized carbons (Fsp3) is 0.917. The van der Waals surface area contributed by atoms with E-state index in [9.17, 15) is 14.7 Å². The summed E-state index contributed by atoms with van der Waals surface area (Å²) in [5.41, 5.74) is -0.943. The van der Waals surface area contributed by atoms with Gasteiger partial charge in [0.1, 0.15) is 11.4 Å². The molecule has 152 valence electrons. The highest BCUT2D eigenvalue weighted by Crippen LogP contribution is 2.83. The molecule has 0 aromatic rings. The lowest BCUT2D eigenvalue weighted by atomic mass is 9.42. The first-order chi connectivity index (χ1) is 13.3. The largest absolute Gasteiger partial charge is 0.458 e. The van der Waals surface area contributed by atoms with E-state index in [0.717, 1.165) is 38.0 Å². The Balaban J connectivity index is 1.32. The average Bonchev–Trinajstić information content (AvgIpc) is 3.54. The van der Waals surface area contributed by atoms with E-state index in [1.54, 1.807) is 0 Å². The molecule has 28 heavy (non-hydrogen) atoms. The zero-order valence-electron chi connectivity index (χ0n) is 17.1. The zero-order valence-corrected chi connectivity index (χ0v) is 17.1. The van der Waals surface area contributed by atoms with E-state index in [1.807, 2.05) is 0 Å². The molecule has 0 aromatic carbocycles. The number of carbonyl (C=O) groups excluding carboxylic acids is 2. The molecule has 1 heterocycles. The van der Waals surface area contributed by atoms with Gasteiger partial charge in [-0.2, -0.15) is 0 Å². The SMILES string of the molecule is CC12CCC(=O)CC1(O)C1CC1C1C2CCC2(C)C1C1CC1[C@@]21CCC(=O)O1. The Labute approximate surface area is 166 Å². The summed E-state index contributed by atoms with van der Waals surface area (Å²) in [5.74, 6) is 4.36. The van der Waals surface area contributed by atoms with E-state index < -0.39 is 5.60 Å². The number of hydrogen-bond acceptors (Lipinski definition) is 4. The van der Waals surface area contributed by atoms with Crippen molar-refractivity contribution in [3.63, 3.8) is 0 Å². The smallest absolute Gasteiger partial charge is 0.306 e. The van der Waals surface area contributed by atoms with Gasteiger partial charge in [0.05, 0.1) is 5.60 Å². The lowest BCUT2D eigenvalue weighted by Gasteiger charge is -2.64. The maximum atomic E-state index is 12.3. The summed E-state index contributed by atoms with van der Waals surface area (Å²) < 4.78 is 6.20. The quantitative estimate of drug-likeness (QED) is 0.649. The molecular weight excluding hydrogens is 352 g/mol. The van der Waals surface area contributed by atoms with Gasteiger partial charge in [-0.15, -0.1) is 0 Å². The van der Waals surface area contributed by atoms with Crippen molar-refractivity contribution in [1.82, 2.24) is 0 Å². The summed E-state index contributed by atoms with van der Waals surface area (Å²) in [4.78, 5) is 24.4. The van der Waals surface area contributed by atoms with Crippen molar-refractivity contribution in [2.24, 2.45) is 52.3 Å². The first-order valence-electron chi connectivity index (χ1n) is 11.7. The molecule has 7 fully saturated rings. The Morgan fingerprint density at radius 2 is 1.71 bits per heavy atom. The van der Waals surface area contributed by atoms with Crippen LogP contribution in [0.25, 0.3) is 0 Å². The molecule has 1 saturated heterocycles. The third-order valence-electron chi connectivity index (χ3n) is 11.6. The molecule has 0 aromatic heterocycles. The summed E-state index contributed by atoms with van der Waals surface area (Å²) in [6.07, 6.45) is 8.04. The van der Waals surface area contributed by atoms with Crippen molar-refractivity contribution in [2.45, 2.75) is 82.8 Å². The maximum absolute atomic E-state index is 12.3. The van der Waals surface area contributed by atoms with Gasteiger partial charge in [-0.25, -0.2) is 0 Å². The topological polar surface area (TPSA) is 63.6 Å². The summed E-state index contributed by atoms with van der Waals surface area (Å²) in [7, 11) is 0. The minimum absolute atomic E-state index is 0.0229. The Bertz CT molecular complexity index is 821. The molecule has 7 aliphatic rings. The summed E-state index contributed by atoms with van der Waals surface area (Å²) in [6, 6.07) is 0. The second-order valence-corrected chi connectivity index (χ2v) is 12.1. The van der Waals surface area contributed by atoms with Crippen LogP contribution in [0.1, 0.15) is 71.6 Å². The van der Waals surface area contributed by atoms with Gasteiger partial charge < -0.3 is 9.84 Å². The lowest BCUT2D eigenvalue weighted by molar-refractivity contribution is -0.223. The minimum Gasteiger partial charge on any atom is -0.458 e. The molecule has 1 aliphatic heterocycles. The van der Waals surface area contributed by atoms with E-state index >= 15 is 0 Å². The van der Waals surface area contributed by atoms with Gasteiger partial charge in [-0.1, -0.05) is 13.8 Å². The fourth-order valence-electron chi connectivity index (χ4n) is 10.3. The molecule has 0 amide bonds. The number of Topliss-reactive ketones (excluding diaryl/α,β-unsaturated/α-hetero) is 1. The van der Waals surface area contributed by atoms with Gasteiger partial charge in [0, 0.05) is 36.0 Å². The lowest BCUT2D eigenvalue weighted by Crippen LogP contribution is -2.65. The van der Waals surface area contributed by atoms with E-state index in [0.29, 0.717) is 54.8 Å². The highest BCUT2D eigenvalue weighted by Gasteiger charge is 2.83. The van der Waals surface area contributed by atoms with Crippen LogP contribution in [0, 0.1) is 52.3 Å². The number of fused-ring (bicyclic) bond motifs is 12. The predicted octanol–water partition coefficient (Wildman–Crippen LogP) is 3.50. The third-order valence-corrected chi connectivity index (χ3v) is 11.6. The van der Waals surface area contributed by atoms with Crippen molar-refractivity contribution >= 4 is 11.8 Å². The molecule has 0 radical (unpaired) electrons. The van der Waals surface area contributed by atoms with Crippen LogP contribution in [0.5, 0.6) is 0 Å². The van der Waals surface area contributed by atoms with E-state index in [2.05, 4.69) is 13.8 Å². The molecule has 6 saturated carbocycles. The van der Waals surface area contributed by atoms with Crippen molar-refractivity contribution in [1.29, 1.82) is 0 Å². The molecule has 1 spiro atoms. The molecule has 1 N–H and O–H groups in total. The number of hydrogen-bond donors (Lipinski definition) is 1. The van der Waals surface area contributed by atoms with E-state index in [-0.39, 0.29) is 28.2 Å². The Morgan fingerprint density at radius 1 is 0.929 bits per heavy atom. The molecule has 10 unspecified atom stereocenters. The van der Waals surface area contributed by atoms with E-state index in [4.69, 9.17) is 4.74 Å². The third kappa shape index (κ3) is 1.55. The van der Waals surface area contributed by atoms with Crippen LogP contribution in [-0.4, -0.2) is 28.1 Å². The summed E-state index contributed by atoms with van der Waals surface area (Å²) in [6.45, 7) is 4.77. The van der Waals surface area contributed by atoms with Gasteiger partial charge in [-0.05, 0) is 74.0 Å². The van der Waals surface area contributed by atoms with Crippen molar-refractivity contribution < 1.29 is 19.4 Å². The van der Waals surface area contributed by atoms with Gasteiger partial charge >= 0.3 is 5.97 Å². The molecular formula is C24H32O4. The van der Waals surface area contributed by atoms with Crippen LogP contribution in [0.3, 0.4) is 0 Å². The monoisotopic (exact) mass is 384 g/mol. The van der Waals surface area contributed by atoms with Crippen LogP contribution in [0.15, 0.2) is 0 Å². The second kappa shape index (κ2) is 4.55. The summed E-state index contributed by atoms with van der Waals surface area (Å²) >= 11 is 0. The van der Waals surface area contributed by atoms with Gasteiger partial charge in [0.25, 0.3) is 0 Å². The maximum Gasteiger partial charge on any atom is 0.306 e. The molecule has 0 bridgehead atoms. The minimum atomic E-state index is -0.763. The highest BCUT2D eigenvalue weighted by atomic mass is 16.6. The second-order valence-electron chi connectivity index (χ2n) is 12.1. The van der Waals surface area contributed by atoms with E-state index in [1.165, 1.54) is 6.42 Å². The first kappa shape index (κ1) is 16.8. The van der Waals surface area contributed by atoms with Crippen LogP contribution < -0.4 is 0 Å². The standard InChI is InChI=1S/C24H32O4/c1-21-6-3-12(25)11-23(21,27)16-9-13(16)19-15(21)4-7-22(2)20(19)14-10-17(14)24(22)8-5-18(26)28-24/h13-17,19-20,27H,3-11H2,1-2H3/t13?,14?,15?,16?,17?,19?,20?,21?,22?,23?,24-/m0/s1. The molecule has 11 atom stereocenters. The van der Waals surface area contributed by atoms with Crippen molar-refractivity contribution in [2.75, 3.05) is 0 Å². The van der Waals surface area contributed by atoms with Crippen LogP contribution >= 0.6 is 0 Å². The Hall–Kier alpha value is -0.900. The predicted molar refractivity (Wildman–Crippen MR) is 101 cm³/mol. The fourth-order valence-corrected chi connectivity index (χ4v) is 10.3. The number of ketones is 1. The number of rotatable bonds is 0. The van der Waals surface area contributed by atoms with Gasteiger partial charge in [0.2, 0.25) is 0 Å². The normalized spacial score (nSPS) is 65.8. The molecule has 4 heteroatoms. The van der Waals surface area contributed by atoms with Crippen molar-refractivity contribution in [3.05, 3.63) is 0 Å². The number of carbonyl (C=O) groups is 2. The van der Waals surface area contributed by atoms with Crippen molar-refractivity contribution in [3.8, 4) is 0 Å². The zero-order chi connectivity index (χ0) is 19.3. The summed E-state index contributed by atoms with van der Waals surface area (Å²) in [5, 5.41) is 11.8. The first-order valence-corrected chi connectivity index (χ1v) is 11.7. The Morgan fingerprint density at radius 3 is 2.46 bits per heavy atom. The van der Waals surface area contributed by atoms with Crippen LogP contribution in [-0.2, 0) is 14.3 Å². The number of aliphatic hydroxyl groups is 1. The average molecular weight is 385 g/mol. The highest BCUT2D eigenvalue weighted by molar-refractivity contribution is 5.81. The van der Waals surface area contributed by atoms with Gasteiger partial charge in [-0.3, -0.25) is 9.59 Å². The van der Waals surface area contributed by atoms with Crippen LogP contribution in [0.2, 0.25) is 0 Å². The molecule has 7 rings (SSSR count). The molecule has 6 aliphatic carbocycles. The van der Waals surface area contributed by atoms with Crippen LogP contribution in [0.4, 0.5) is 0 Å².